The third-order valence-electron chi connectivity index (χ3n) is 2.49. The van der Waals surface area contributed by atoms with E-state index < -0.39 is 40.3 Å². The highest BCUT2D eigenvalue weighted by atomic mass is 127. The van der Waals surface area contributed by atoms with Crippen molar-refractivity contribution in [2.45, 2.75) is 23.3 Å². The molecule has 0 aromatic heterocycles. The first kappa shape index (κ1) is 19.5. The van der Waals surface area contributed by atoms with Crippen molar-refractivity contribution in [2.75, 3.05) is 5.73 Å². The van der Waals surface area contributed by atoms with Crippen molar-refractivity contribution < 1.29 is 39.9 Å². The number of anilines is 1. The van der Waals surface area contributed by atoms with Gasteiger partial charge in [-0.2, -0.15) is 30.7 Å². The third-order valence-corrected chi connectivity index (χ3v) is 3.93. The van der Waals surface area contributed by atoms with E-state index in [1.165, 1.54) is 38.5 Å². The fourth-order valence-electron chi connectivity index (χ4n) is 1.47. The van der Waals surface area contributed by atoms with Crippen molar-refractivity contribution in [2.24, 2.45) is 0 Å². The summed E-state index contributed by atoms with van der Waals surface area (Å²) >= 11 is 2.62. The van der Waals surface area contributed by atoms with Gasteiger partial charge in [-0.25, -0.2) is 4.39 Å². The van der Waals surface area contributed by atoms with Crippen LogP contribution in [0.15, 0.2) is 12.1 Å². The Bertz CT molecular complexity index is 545. The van der Waals surface area contributed by atoms with Gasteiger partial charge < -0.3 is 10.5 Å². The van der Waals surface area contributed by atoms with Crippen LogP contribution in [0.5, 0.6) is 5.75 Å². The van der Waals surface area contributed by atoms with Gasteiger partial charge in [-0.1, -0.05) is 0 Å². The van der Waals surface area contributed by atoms with Crippen LogP contribution < -0.4 is 10.5 Å². The number of nitrogens with two attached hydrogens (primary N) is 1. The molecule has 0 radical (unpaired) electrons. The summed E-state index contributed by atoms with van der Waals surface area (Å²) in [6.45, 7) is -3.49. The average molecular weight is 514 g/mol. The summed E-state index contributed by atoms with van der Waals surface area (Å²) in [4.78, 5) is -5.06. The normalized spacial score (nSPS) is 15.8. The molecule has 0 amide bonds. The molecule has 1 aromatic rings. The van der Waals surface area contributed by atoms with Crippen molar-refractivity contribution in [1.29, 1.82) is 0 Å². The number of alkyl halides is 9. The number of nitrogen functional groups attached to an aromatic ring is 1. The van der Waals surface area contributed by atoms with Gasteiger partial charge in [0.15, 0.2) is 0 Å². The van der Waals surface area contributed by atoms with E-state index in [-0.39, 0.29) is 9.64 Å². The molecule has 0 saturated carbocycles. The first-order valence-corrected chi connectivity index (χ1v) is 6.95. The molecular formula is C10H5BrF8INO. The van der Waals surface area contributed by atoms with Crippen LogP contribution in [0.25, 0.3) is 0 Å². The summed E-state index contributed by atoms with van der Waals surface area (Å²) in [6, 6.07) is 0.434. The topological polar surface area (TPSA) is 35.2 Å². The van der Waals surface area contributed by atoms with Gasteiger partial charge >= 0.3 is 23.3 Å². The van der Waals surface area contributed by atoms with E-state index in [4.69, 9.17) is 5.73 Å². The predicted octanol–water partition coefficient (Wildman–Crippen LogP) is 5.19. The van der Waals surface area contributed by atoms with Crippen molar-refractivity contribution in [3.8, 4) is 5.75 Å². The Morgan fingerprint density at radius 3 is 1.95 bits per heavy atom. The Balaban J connectivity index is 3.62. The zero-order valence-corrected chi connectivity index (χ0v) is 13.7. The van der Waals surface area contributed by atoms with Crippen LogP contribution in [-0.4, -0.2) is 17.6 Å². The van der Waals surface area contributed by atoms with Crippen LogP contribution in [0.3, 0.4) is 0 Å². The van der Waals surface area contributed by atoms with Gasteiger partial charge in [-0.15, -0.1) is 0 Å². The average Bonchev–Trinajstić information content (AvgIpc) is 2.30. The summed E-state index contributed by atoms with van der Waals surface area (Å²) in [5, 5.41) is 0. The number of ether oxygens (including phenoxy) is 1. The molecule has 1 aromatic carbocycles. The minimum Gasteiger partial charge on any atom is -0.433 e. The Kier molecular flexibility index (Phi) is 5.47. The maximum Gasteiger partial charge on any atom is 0.433 e. The van der Waals surface area contributed by atoms with E-state index in [9.17, 15) is 35.1 Å². The molecule has 0 aliphatic heterocycles. The monoisotopic (exact) mass is 513 g/mol. The Morgan fingerprint density at radius 2 is 1.59 bits per heavy atom. The zero-order valence-electron chi connectivity index (χ0n) is 10.00. The van der Waals surface area contributed by atoms with Crippen LogP contribution in [0.2, 0.25) is 0 Å². The lowest BCUT2D eigenvalue weighted by Gasteiger charge is -2.32. The third kappa shape index (κ3) is 3.51. The SMILES string of the molecule is Nc1c(I)cc(C(F)(C(F)(F)F)C(F)(F)Br)cc1OC(F)F. The van der Waals surface area contributed by atoms with Gasteiger partial charge in [-0.05, 0) is 50.7 Å². The van der Waals surface area contributed by atoms with E-state index in [1.807, 2.05) is 0 Å². The Morgan fingerprint density at radius 1 is 1.09 bits per heavy atom. The lowest BCUT2D eigenvalue weighted by Crippen LogP contribution is -2.49. The fourth-order valence-corrected chi connectivity index (χ4v) is 2.53. The van der Waals surface area contributed by atoms with Gasteiger partial charge in [0.25, 0.3) is 0 Å². The zero-order chi connectivity index (χ0) is 17.5. The highest BCUT2D eigenvalue weighted by Crippen LogP contribution is 2.56. The lowest BCUT2D eigenvalue weighted by atomic mass is 9.94. The quantitative estimate of drug-likeness (QED) is 0.260. The summed E-state index contributed by atoms with van der Waals surface area (Å²) in [5.41, 5.74) is -2.04. The maximum absolute atomic E-state index is 14.2. The molecule has 1 atom stereocenters. The van der Waals surface area contributed by atoms with E-state index >= 15 is 0 Å². The largest absolute Gasteiger partial charge is 0.433 e. The van der Waals surface area contributed by atoms with Gasteiger partial charge in [0.1, 0.15) is 5.75 Å². The summed E-state index contributed by atoms with van der Waals surface area (Å²) in [6.07, 6.45) is -6.04. The highest BCUT2D eigenvalue weighted by Gasteiger charge is 2.71. The molecule has 0 spiro atoms. The second-order valence-electron chi connectivity index (χ2n) is 3.90. The Hall–Kier alpha value is -0.530. The molecular weight excluding hydrogens is 509 g/mol. The minimum atomic E-state index is -6.04. The van der Waals surface area contributed by atoms with Crippen LogP contribution in [0, 0.1) is 3.57 Å². The highest BCUT2D eigenvalue weighted by molar-refractivity contribution is 14.1. The number of hydrogen-bond donors (Lipinski definition) is 1. The summed E-state index contributed by atoms with van der Waals surface area (Å²) in [7, 11) is 0. The number of rotatable bonds is 4. The summed E-state index contributed by atoms with van der Waals surface area (Å²) < 4.78 is 107. The van der Waals surface area contributed by atoms with E-state index in [2.05, 4.69) is 4.74 Å². The van der Waals surface area contributed by atoms with Gasteiger partial charge in [0.2, 0.25) is 0 Å². The standard InChI is InChI=1S/C10H5BrF8INO/c11-9(15,16)8(14,10(17,18)19)3-1-4(20)6(21)5(2-3)22-7(12)13/h1-2,7H,21H2. The first-order valence-electron chi connectivity index (χ1n) is 5.08. The van der Waals surface area contributed by atoms with Crippen LogP contribution in [0.1, 0.15) is 5.56 Å². The molecule has 0 fully saturated rings. The predicted molar refractivity (Wildman–Crippen MR) is 72.9 cm³/mol. The van der Waals surface area contributed by atoms with E-state index in [1.54, 1.807) is 0 Å². The van der Waals surface area contributed by atoms with Crippen molar-refractivity contribution in [1.82, 2.24) is 0 Å². The molecule has 2 N–H and O–H groups in total. The van der Waals surface area contributed by atoms with Crippen molar-refractivity contribution in [3.63, 3.8) is 0 Å². The van der Waals surface area contributed by atoms with Gasteiger partial charge in [0.05, 0.1) is 5.69 Å². The van der Waals surface area contributed by atoms with Crippen LogP contribution in [-0.2, 0) is 5.67 Å². The number of hydrogen-bond acceptors (Lipinski definition) is 2. The maximum atomic E-state index is 14.2. The van der Waals surface area contributed by atoms with Crippen molar-refractivity contribution in [3.05, 3.63) is 21.3 Å². The molecule has 2 nitrogen and oxygen atoms in total. The Labute approximate surface area is 140 Å². The molecule has 12 heteroatoms. The molecule has 0 saturated heterocycles. The molecule has 22 heavy (non-hydrogen) atoms. The number of benzene rings is 1. The molecule has 1 unspecified atom stereocenters. The molecule has 0 bridgehead atoms. The lowest BCUT2D eigenvalue weighted by molar-refractivity contribution is -0.282. The van der Waals surface area contributed by atoms with Gasteiger partial charge in [-0.3, -0.25) is 0 Å². The van der Waals surface area contributed by atoms with E-state index in [0.717, 1.165) is 0 Å². The van der Waals surface area contributed by atoms with Gasteiger partial charge in [0, 0.05) is 9.13 Å². The summed E-state index contributed by atoms with van der Waals surface area (Å²) in [5.74, 6) is -1.04. The number of halogens is 10. The molecule has 0 aliphatic rings. The van der Waals surface area contributed by atoms with Crippen LogP contribution >= 0.6 is 38.5 Å². The van der Waals surface area contributed by atoms with E-state index in [0.29, 0.717) is 6.07 Å². The molecule has 0 heterocycles. The first-order chi connectivity index (χ1) is 9.71. The second-order valence-corrected chi connectivity index (χ2v) is 6.06. The molecule has 126 valence electrons. The molecule has 1 rings (SSSR count). The minimum absolute atomic E-state index is 0.0618. The molecule has 0 aliphatic carbocycles. The fraction of sp³-hybridized carbons (Fsp3) is 0.400. The second kappa shape index (κ2) is 6.17. The van der Waals surface area contributed by atoms with Crippen molar-refractivity contribution >= 4 is 44.2 Å². The van der Waals surface area contributed by atoms with Crippen LogP contribution in [0.4, 0.5) is 40.8 Å². The smallest absolute Gasteiger partial charge is 0.433 e.